The molecule has 0 aromatic heterocycles. The van der Waals surface area contributed by atoms with E-state index in [1.807, 2.05) is 6.92 Å². The van der Waals surface area contributed by atoms with E-state index in [4.69, 9.17) is 5.73 Å². The van der Waals surface area contributed by atoms with Gasteiger partial charge in [-0.1, -0.05) is 0 Å². The molecule has 0 rings (SSSR count). The Labute approximate surface area is 37.4 Å². The standard InChI is InChI=1S/C4H8N2/c1-2-6-4-3-5/h2-4H,5H2,1H3/b4-3-,6-2?. The van der Waals surface area contributed by atoms with Crippen LogP contribution in [-0.2, 0) is 0 Å². The fraction of sp³-hybridized carbons (Fsp3) is 0.250. The predicted molar refractivity (Wildman–Crippen MR) is 27.5 cm³/mol. The summed E-state index contributed by atoms with van der Waals surface area (Å²) in [4.78, 5) is 3.66. The molecule has 0 radical (unpaired) electrons. The second-order valence-electron chi connectivity index (χ2n) is 0.749. The summed E-state index contributed by atoms with van der Waals surface area (Å²) in [5, 5.41) is 0. The lowest BCUT2D eigenvalue weighted by Gasteiger charge is -1.65. The Bertz CT molecular complexity index is 53.9. The normalized spacial score (nSPS) is 11.5. The van der Waals surface area contributed by atoms with E-state index < -0.39 is 0 Å². The second-order valence-corrected chi connectivity index (χ2v) is 0.749. The van der Waals surface area contributed by atoms with Gasteiger partial charge in [0.05, 0.1) is 0 Å². The molecular formula is C4H8N2. The Kier molecular flexibility index (Phi) is 3.66. The summed E-state index contributed by atoms with van der Waals surface area (Å²) in [6, 6.07) is 0. The van der Waals surface area contributed by atoms with Crippen LogP contribution in [0.5, 0.6) is 0 Å². The van der Waals surface area contributed by atoms with Crippen LogP contribution in [0.4, 0.5) is 0 Å². The monoisotopic (exact) mass is 84.1 g/mol. The molecular weight excluding hydrogens is 76.1 g/mol. The number of hydrogen-bond acceptors (Lipinski definition) is 2. The Morgan fingerprint density at radius 3 is 2.50 bits per heavy atom. The lowest BCUT2D eigenvalue weighted by molar-refractivity contribution is 1.49. The van der Waals surface area contributed by atoms with Crippen LogP contribution in [0.3, 0.4) is 0 Å². The second kappa shape index (κ2) is 4.21. The first kappa shape index (κ1) is 5.21. The number of rotatable bonds is 1. The van der Waals surface area contributed by atoms with Crippen molar-refractivity contribution in [3.8, 4) is 0 Å². The first-order chi connectivity index (χ1) is 2.91. The van der Waals surface area contributed by atoms with Gasteiger partial charge in [-0.25, -0.2) is 0 Å². The van der Waals surface area contributed by atoms with Gasteiger partial charge in [0, 0.05) is 18.6 Å². The van der Waals surface area contributed by atoms with Gasteiger partial charge in [0.1, 0.15) is 0 Å². The highest BCUT2D eigenvalue weighted by atomic mass is 14.7. The number of aliphatic imine (C=N–C) groups is 1. The van der Waals surface area contributed by atoms with E-state index >= 15 is 0 Å². The van der Waals surface area contributed by atoms with E-state index in [9.17, 15) is 0 Å². The fourth-order valence-corrected chi connectivity index (χ4v) is 0.136. The van der Waals surface area contributed by atoms with Crippen LogP contribution in [0.1, 0.15) is 6.92 Å². The number of hydrogen-bond donors (Lipinski definition) is 1. The zero-order valence-corrected chi connectivity index (χ0v) is 3.76. The van der Waals surface area contributed by atoms with Gasteiger partial charge < -0.3 is 5.73 Å². The lowest BCUT2D eigenvalue weighted by atomic mass is 10.8. The van der Waals surface area contributed by atoms with Crippen LogP contribution >= 0.6 is 0 Å². The average Bonchev–Trinajstić information content (AvgIpc) is 1.61. The molecule has 2 N–H and O–H groups in total. The van der Waals surface area contributed by atoms with Crippen LogP contribution in [-0.4, -0.2) is 6.21 Å². The maximum atomic E-state index is 4.92. The minimum Gasteiger partial charge on any atom is -0.403 e. The van der Waals surface area contributed by atoms with Crippen LogP contribution in [0.15, 0.2) is 17.4 Å². The maximum absolute atomic E-state index is 4.92. The molecule has 0 unspecified atom stereocenters. The Morgan fingerprint density at radius 2 is 2.33 bits per heavy atom. The zero-order chi connectivity index (χ0) is 4.83. The van der Waals surface area contributed by atoms with Crippen molar-refractivity contribution in [1.29, 1.82) is 0 Å². The summed E-state index contributed by atoms with van der Waals surface area (Å²) in [6.07, 6.45) is 4.59. The number of nitrogens with two attached hydrogens (primary N) is 1. The summed E-state index contributed by atoms with van der Waals surface area (Å²) >= 11 is 0. The molecule has 0 aliphatic heterocycles. The zero-order valence-electron chi connectivity index (χ0n) is 3.76. The van der Waals surface area contributed by atoms with Crippen molar-refractivity contribution in [2.75, 3.05) is 0 Å². The van der Waals surface area contributed by atoms with Crippen LogP contribution in [0, 0.1) is 0 Å². The van der Waals surface area contributed by atoms with Gasteiger partial charge in [0.25, 0.3) is 0 Å². The van der Waals surface area contributed by atoms with E-state index in [1.165, 1.54) is 12.4 Å². The van der Waals surface area contributed by atoms with Crippen molar-refractivity contribution >= 4 is 6.21 Å². The molecule has 0 saturated heterocycles. The third-order valence-electron chi connectivity index (χ3n) is 0.321. The summed E-state index contributed by atoms with van der Waals surface area (Å²) in [5.74, 6) is 0. The molecule has 34 valence electrons. The van der Waals surface area contributed by atoms with Crippen LogP contribution in [0.25, 0.3) is 0 Å². The molecule has 0 saturated carbocycles. The highest BCUT2D eigenvalue weighted by Gasteiger charge is 1.48. The third-order valence-corrected chi connectivity index (χ3v) is 0.321. The largest absolute Gasteiger partial charge is 0.403 e. The van der Waals surface area contributed by atoms with Crippen LogP contribution < -0.4 is 5.73 Å². The smallest absolute Gasteiger partial charge is 0.0418 e. The van der Waals surface area contributed by atoms with Gasteiger partial charge in [0.15, 0.2) is 0 Å². The summed E-state index contributed by atoms with van der Waals surface area (Å²) in [6.45, 7) is 1.83. The minimum absolute atomic E-state index is 1.39. The van der Waals surface area contributed by atoms with Gasteiger partial charge in [-0.05, 0) is 6.92 Å². The summed E-state index contributed by atoms with van der Waals surface area (Å²) in [5.41, 5.74) is 4.92. The quantitative estimate of drug-likeness (QED) is 0.462. The van der Waals surface area contributed by atoms with Crippen molar-refractivity contribution in [3.63, 3.8) is 0 Å². The third kappa shape index (κ3) is 3.21. The first-order valence-electron chi connectivity index (χ1n) is 1.76. The van der Waals surface area contributed by atoms with Crippen molar-refractivity contribution in [2.24, 2.45) is 10.7 Å². The fourth-order valence-electron chi connectivity index (χ4n) is 0.136. The van der Waals surface area contributed by atoms with Gasteiger partial charge in [-0.2, -0.15) is 0 Å². The van der Waals surface area contributed by atoms with E-state index in [2.05, 4.69) is 4.99 Å². The van der Waals surface area contributed by atoms with Gasteiger partial charge in [-0.3, -0.25) is 4.99 Å². The first-order valence-corrected chi connectivity index (χ1v) is 1.76. The van der Waals surface area contributed by atoms with Crippen molar-refractivity contribution in [1.82, 2.24) is 0 Å². The SMILES string of the molecule is CC=N/C=C\N. The predicted octanol–water partition coefficient (Wildman–Crippen LogP) is 0.507. The molecule has 0 aromatic rings. The molecule has 0 aliphatic carbocycles. The molecule has 0 aromatic carbocycles. The van der Waals surface area contributed by atoms with Crippen molar-refractivity contribution in [3.05, 3.63) is 12.4 Å². The Balaban J connectivity index is 3.07. The van der Waals surface area contributed by atoms with E-state index in [-0.39, 0.29) is 0 Å². The molecule has 6 heavy (non-hydrogen) atoms. The molecule has 0 heterocycles. The minimum atomic E-state index is 1.39. The van der Waals surface area contributed by atoms with E-state index in [1.54, 1.807) is 6.21 Å². The number of nitrogens with zero attached hydrogens (tertiary/aromatic N) is 1. The maximum Gasteiger partial charge on any atom is 0.0418 e. The molecule has 0 aliphatic rings. The highest BCUT2D eigenvalue weighted by Crippen LogP contribution is 1.61. The molecule has 2 heteroatoms. The molecule has 0 spiro atoms. The molecule has 0 atom stereocenters. The van der Waals surface area contributed by atoms with Crippen molar-refractivity contribution in [2.45, 2.75) is 6.92 Å². The van der Waals surface area contributed by atoms with Crippen LogP contribution in [0.2, 0.25) is 0 Å². The van der Waals surface area contributed by atoms with Gasteiger partial charge >= 0.3 is 0 Å². The molecule has 0 bridgehead atoms. The van der Waals surface area contributed by atoms with E-state index in [0.717, 1.165) is 0 Å². The molecule has 0 amide bonds. The lowest BCUT2D eigenvalue weighted by Crippen LogP contribution is -1.72. The van der Waals surface area contributed by atoms with Crippen molar-refractivity contribution < 1.29 is 0 Å². The Morgan fingerprint density at radius 1 is 1.67 bits per heavy atom. The Hall–Kier alpha value is -0.790. The summed E-state index contributed by atoms with van der Waals surface area (Å²) < 4.78 is 0. The van der Waals surface area contributed by atoms with Gasteiger partial charge in [0.2, 0.25) is 0 Å². The molecule has 0 fully saturated rings. The van der Waals surface area contributed by atoms with Gasteiger partial charge in [-0.15, -0.1) is 0 Å². The topological polar surface area (TPSA) is 38.4 Å². The van der Waals surface area contributed by atoms with E-state index in [0.29, 0.717) is 0 Å². The molecule has 2 nitrogen and oxygen atoms in total. The summed E-state index contributed by atoms with van der Waals surface area (Å²) in [7, 11) is 0. The highest BCUT2D eigenvalue weighted by molar-refractivity contribution is 5.54. The average molecular weight is 84.1 g/mol.